The summed E-state index contributed by atoms with van der Waals surface area (Å²) in [6.45, 7) is 1.60. The predicted octanol–water partition coefficient (Wildman–Crippen LogP) is 3.43. The van der Waals surface area contributed by atoms with Crippen LogP contribution in [-0.4, -0.2) is 0 Å². The van der Waals surface area contributed by atoms with Crippen LogP contribution in [0.3, 0.4) is 0 Å². The summed E-state index contributed by atoms with van der Waals surface area (Å²) in [5.74, 6) is 4.33. The summed E-state index contributed by atoms with van der Waals surface area (Å²) in [6, 6.07) is 9.30. The van der Waals surface area contributed by atoms with E-state index in [1.54, 1.807) is 13.0 Å². The molecule has 1 atom stereocenters. The number of rotatable bonds is 3. The molecule has 0 fully saturated rings. The van der Waals surface area contributed by atoms with Crippen LogP contribution in [0.1, 0.15) is 22.7 Å². The van der Waals surface area contributed by atoms with Crippen LogP contribution in [0, 0.1) is 22.1 Å². The van der Waals surface area contributed by atoms with Crippen LogP contribution in [0.15, 0.2) is 36.4 Å². The number of aryl methyl sites for hydroxylation is 1. The summed E-state index contributed by atoms with van der Waals surface area (Å²) in [7, 11) is 0. The third-order valence-corrected chi connectivity index (χ3v) is 3.97. The van der Waals surface area contributed by atoms with Gasteiger partial charge < -0.3 is 0 Å². The van der Waals surface area contributed by atoms with Crippen molar-refractivity contribution in [1.29, 1.82) is 0 Å². The third kappa shape index (κ3) is 2.77. The smallest absolute Gasteiger partial charge is 0.134 e. The standard InChI is InChI=1S/C14H13F2IN2/c1-8-6-7-10(15)12(13(8)16)14(19-18)9-4-2-3-5-11(9)17/h2-7,14,19H,18H2,1H3. The highest BCUT2D eigenvalue weighted by Crippen LogP contribution is 2.30. The monoisotopic (exact) mass is 374 g/mol. The minimum absolute atomic E-state index is 0.0494. The summed E-state index contributed by atoms with van der Waals surface area (Å²) < 4.78 is 29.0. The molecule has 2 rings (SSSR count). The Hall–Kier alpha value is -1.05. The van der Waals surface area contributed by atoms with Gasteiger partial charge in [-0.3, -0.25) is 5.84 Å². The highest BCUT2D eigenvalue weighted by molar-refractivity contribution is 14.1. The lowest BCUT2D eigenvalue weighted by Gasteiger charge is -2.20. The van der Waals surface area contributed by atoms with E-state index in [4.69, 9.17) is 5.84 Å². The third-order valence-electron chi connectivity index (χ3n) is 2.99. The quantitative estimate of drug-likeness (QED) is 0.491. The van der Waals surface area contributed by atoms with Crippen molar-refractivity contribution in [1.82, 2.24) is 5.43 Å². The second-order valence-corrected chi connectivity index (χ2v) is 5.38. The number of nitrogens with one attached hydrogen (secondary N) is 1. The first kappa shape index (κ1) is 14.4. The molecule has 2 nitrogen and oxygen atoms in total. The molecule has 0 amide bonds. The second kappa shape index (κ2) is 5.94. The maximum Gasteiger partial charge on any atom is 0.134 e. The topological polar surface area (TPSA) is 38.0 Å². The van der Waals surface area contributed by atoms with Gasteiger partial charge in [0, 0.05) is 9.13 Å². The van der Waals surface area contributed by atoms with E-state index in [9.17, 15) is 8.78 Å². The molecule has 0 saturated heterocycles. The summed E-state index contributed by atoms with van der Waals surface area (Å²) in [4.78, 5) is 0. The summed E-state index contributed by atoms with van der Waals surface area (Å²) in [5.41, 5.74) is 3.59. The molecule has 2 aromatic carbocycles. The fourth-order valence-corrected chi connectivity index (χ4v) is 2.68. The van der Waals surface area contributed by atoms with E-state index in [-0.39, 0.29) is 5.56 Å². The van der Waals surface area contributed by atoms with Gasteiger partial charge in [0.25, 0.3) is 0 Å². The van der Waals surface area contributed by atoms with Crippen molar-refractivity contribution >= 4 is 22.6 Å². The lowest BCUT2D eigenvalue weighted by atomic mass is 9.96. The van der Waals surface area contributed by atoms with Gasteiger partial charge >= 0.3 is 0 Å². The zero-order chi connectivity index (χ0) is 14.0. The molecule has 0 spiro atoms. The first-order valence-electron chi connectivity index (χ1n) is 5.71. The molecule has 3 N–H and O–H groups in total. The van der Waals surface area contributed by atoms with Crippen LogP contribution in [0.25, 0.3) is 0 Å². The minimum atomic E-state index is -0.715. The van der Waals surface area contributed by atoms with Crippen LogP contribution in [0.4, 0.5) is 8.78 Å². The van der Waals surface area contributed by atoms with Crippen LogP contribution < -0.4 is 11.3 Å². The highest BCUT2D eigenvalue weighted by atomic mass is 127. The van der Waals surface area contributed by atoms with Crippen LogP contribution >= 0.6 is 22.6 Å². The average molecular weight is 374 g/mol. The van der Waals surface area contributed by atoms with E-state index in [1.807, 2.05) is 18.2 Å². The molecule has 0 aliphatic carbocycles. The van der Waals surface area contributed by atoms with Gasteiger partial charge in [0.15, 0.2) is 0 Å². The van der Waals surface area contributed by atoms with Crippen LogP contribution in [0.5, 0.6) is 0 Å². The number of benzene rings is 2. The molecular formula is C14H13F2IN2. The fraction of sp³-hybridized carbons (Fsp3) is 0.143. The molecule has 2 aromatic rings. The molecule has 0 aliphatic rings. The van der Waals surface area contributed by atoms with Gasteiger partial charge in [-0.2, -0.15) is 0 Å². The number of halogens is 3. The Morgan fingerprint density at radius 2 is 1.84 bits per heavy atom. The van der Waals surface area contributed by atoms with Gasteiger partial charge in [0.2, 0.25) is 0 Å². The van der Waals surface area contributed by atoms with E-state index >= 15 is 0 Å². The highest BCUT2D eigenvalue weighted by Gasteiger charge is 2.23. The zero-order valence-electron chi connectivity index (χ0n) is 10.3. The minimum Gasteiger partial charge on any atom is -0.271 e. The van der Waals surface area contributed by atoms with E-state index in [2.05, 4.69) is 28.0 Å². The van der Waals surface area contributed by atoms with Gasteiger partial charge in [-0.15, -0.1) is 0 Å². The first-order chi connectivity index (χ1) is 9.06. The van der Waals surface area contributed by atoms with Crippen molar-refractivity contribution in [2.45, 2.75) is 13.0 Å². The molecule has 0 radical (unpaired) electrons. The number of hydrogen-bond donors (Lipinski definition) is 2. The molecule has 19 heavy (non-hydrogen) atoms. The lowest BCUT2D eigenvalue weighted by Crippen LogP contribution is -2.31. The molecule has 0 saturated carbocycles. The lowest BCUT2D eigenvalue weighted by molar-refractivity contribution is 0.506. The largest absolute Gasteiger partial charge is 0.271 e. The van der Waals surface area contributed by atoms with Crippen molar-refractivity contribution in [2.24, 2.45) is 5.84 Å². The van der Waals surface area contributed by atoms with Crippen molar-refractivity contribution in [3.05, 3.63) is 68.3 Å². The van der Waals surface area contributed by atoms with Gasteiger partial charge in [-0.1, -0.05) is 24.3 Å². The predicted molar refractivity (Wildman–Crippen MR) is 79.4 cm³/mol. The van der Waals surface area contributed by atoms with Crippen molar-refractivity contribution in [3.8, 4) is 0 Å². The Kier molecular flexibility index (Phi) is 4.49. The molecule has 0 aliphatic heterocycles. The Balaban J connectivity index is 2.61. The van der Waals surface area contributed by atoms with E-state index in [0.29, 0.717) is 5.56 Å². The molecule has 0 aromatic heterocycles. The van der Waals surface area contributed by atoms with Crippen LogP contribution in [0.2, 0.25) is 0 Å². The molecule has 5 heteroatoms. The Morgan fingerprint density at radius 3 is 2.47 bits per heavy atom. The second-order valence-electron chi connectivity index (χ2n) is 4.21. The van der Waals surface area contributed by atoms with E-state index in [1.165, 1.54) is 12.1 Å². The Morgan fingerprint density at radius 1 is 1.16 bits per heavy atom. The summed E-state index contributed by atoms with van der Waals surface area (Å²) in [6.07, 6.45) is 0. The SMILES string of the molecule is Cc1ccc(F)c(C(NN)c2ccccc2I)c1F. The number of hydrogen-bond acceptors (Lipinski definition) is 2. The van der Waals surface area contributed by atoms with Gasteiger partial charge in [0.05, 0.1) is 6.04 Å². The van der Waals surface area contributed by atoms with Crippen molar-refractivity contribution < 1.29 is 8.78 Å². The van der Waals surface area contributed by atoms with Gasteiger partial charge in [-0.05, 0) is 52.8 Å². The summed E-state index contributed by atoms with van der Waals surface area (Å²) >= 11 is 2.12. The van der Waals surface area contributed by atoms with E-state index in [0.717, 1.165) is 9.13 Å². The Labute approximate surface area is 124 Å². The molecule has 100 valence electrons. The average Bonchev–Trinajstić information content (AvgIpc) is 2.40. The normalized spacial score (nSPS) is 12.5. The molecule has 1 unspecified atom stereocenters. The molecule has 0 heterocycles. The molecule has 0 bridgehead atoms. The van der Waals surface area contributed by atoms with Crippen molar-refractivity contribution in [3.63, 3.8) is 0 Å². The summed E-state index contributed by atoms with van der Waals surface area (Å²) in [5, 5.41) is 0. The van der Waals surface area contributed by atoms with E-state index < -0.39 is 17.7 Å². The maximum absolute atomic E-state index is 14.2. The fourth-order valence-electron chi connectivity index (χ4n) is 1.98. The maximum atomic E-state index is 14.2. The number of nitrogens with two attached hydrogens (primary N) is 1. The first-order valence-corrected chi connectivity index (χ1v) is 6.79. The molecular weight excluding hydrogens is 361 g/mol. The van der Waals surface area contributed by atoms with Gasteiger partial charge in [-0.25, -0.2) is 14.2 Å². The van der Waals surface area contributed by atoms with Crippen LogP contribution in [-0.2, 0) is 0 Å². The number of hydrazine groups is 1. The Bertz CT molecular complexity index is 602. The zero-order valence-corrected chi connectivity index (χ0v) is 12.4. The van der Waals surface area contributed by atoms with Crippen molar-refractivity contribution in [2.75, 3.05) is 0 Å². The van der Waals surface area contributed by atoms with Gasteiger partial charge in [0.1, 0.15) is 11.6 Å².